The van der Waals surface area contributed by atoms with E-state index < -0.39 is 10.9 Å². The molecule has 124 valence electrons. The van der Waals surface area contributed by atoms with E-state index in [2.05, 4.69) is 9.97 Å². The Balaban J connectivity index is 1.84. The number of hydrogen-bond acceptors (Lipinski definition) is 9. The highest BCUT2D eigenvalue weighted by atomic mass is 16.7. The molecule has 1 aromatic carbocycles. The number of non-ortho nitro benzene ring substituents is 1. The van der Waals surface area contributed by atoms with Crippen molar-refractivity contribution < 1.29 is 23.9 Å². The molecule has 0 unspecified atom stereocenters. The van der Waals surface area contributed by atoms with Crippen LogP contribution in [0.4, 0.5) is 11.5 Å². The molecule has 1 aliphatic rings. The third kappa shape index (κ3) is 3.08. The van der Waals surface area contributed by atoms with E-state index in [9.17, 15) is 14.9 Å². The number of nitrogens with two attached hydrogens (primary N) is 1. The smallest absolute Gasteiger partial charge is 0.361 e. The quantitative estimate of drug-likeness (QED) is 0.496. The molecule has 0 aliphatic carbocycles. The monoisotopic (exact) mass is 332 g/mol. The highest BCUT2D eigenvalue weighted by Crippen LogP contribution is 2.33. The maximum Gasteiger partial charge on any atom is 0.361 e. The first kappa shape index (κ1) is 15.6. The Kier molecular flexibility index (Phi) is 4.20. The summed E-state index contributed by atoms with van der Waals surface area (Å²) in [5.74, 6) is -0.437. The van der Waals surface area contributed by atoms with Gasteiger partial charge >= 0.3 is 5.97 Å². The van der Waals surface area contributed by atoms with Gasteiger partial charge in [-0.2, -0.15) is 0 Å². The molecule has 0 spiro atoms. The van der Waals surface area contributed by atoms with Gasteiger partial charge in [0.15, 0.2) is 18.3 Å². The first-order valence-electron chi connectivity index (χ1n) is 6.80. The molecule has 2 N–H and O–H groups in total. The van der Waals surface area contributed by atoms with Gasteiger partial charge in [0.1, 0.15) is 12.4 Å². The Morgan fingerprint density at radius 1 is 1.38 bits per heavy atom. The van der Waals surface area contributed by atoms with Gasteiger partial charge in [-0.3, -0.25) is 10.1 Å². The van der Waals surface area contributed by atoms with Crippen molar-refractivity contribution in [1.82, 2.24) is 9.97 Å². The van der Waals surface area contributed by atoms with E-state index in [-0.39, 0.29) is 37.2 Å². The average Bonchev–Trinajstić information content (AvgIpc) is 2.59. The number of anilines is 1. The molecule has 2 aromatic rings. The summed E-state index contributed by atoms with van der Waals surface area (Å²) in [7, 11) is 0. The van der Waals surface area contributed by atoms with Crippen LogP contribution in [0.15, 0.2) is 24.5 Å². The van der Waals surface area contributed by atoms with Crippen molar-refractivity contribution >= 4 is 17.5 Å². The summed E-state index contributed by atoms with van der Waals surface area (Å²) in [6.45, 7) is -0.0448. The number of aromatic nitrogens is 2. The minimum absolute atomic E-state index is 0.0167. The number of hydrogen-bond donors (Lipinski definition) is 1. The maximum absolute atomic E-state index is 12.0. The van der Waals surface area contributed by atoms with E-state index in [0.717, 1.165) is 0 Å². The fraction of sp³-hybridized carbons (Fsp3) is 0.214. The summed E-state index contributed by atoms with van der Waals surface area (Å²) in [5, 5.41) is 11.0. The highest BCUT2D eigenvalue weighted by molar-refractivity contribution is 5.91. The fourth-order valence-electron chi connectivity index (χ4n) is 2.21. The van der Waals surface area contributed by atoms with Crippen molar-refractivity contribution in [3.8, 4) is 5.75 Å². The SMILES string of the molecule is Nc1nccnc1C(=O)OCc1cc([N+](=O)[O-])cc2c1OCOC2. The Bertz CT molecular complexity index is 810. The number of nitro benzene ring substituents is 1. The van der Waals surface area contributed by atoms with Crippen LogP contribution in [0.5, 0.6) is 5.75 Å². The summed E-state index contributed by atoms with van der Waals surface area (Å²) >= 11 is 0. The molecule has 0 amide bonds. The van der Waals surface area contributed by atoms with Gasteiger partial charge in [-0.1, -0.05) is 0 Å². The van der Waals surface area contributed by atoms with Gasteiger partial charge in [0.05, 0.1) is 11.5 Å². The lowest BCUT2D eigenvalue weighted by molar-refractivity contribution is -0.385. The second kappa shape index (κ2) is 6.46. The van der Waals surface area contributed by atoms with Crippen LogP contribution in [0.25, 0.3) is 0 Å². The Morgan fingerprint density at radius 2 is 2.17 bits per heavy atom. The number of ether oxygens (including phenoxy) is 3. The van der Waals surface area contributed by atoms with Gasteiger partial charge in [-0.25, -0.2) is 14.8 Å². The average molecular weight is 332 g/mol. The van der Waals surface area contributed by atoms with Gasteiger partial charge in [0.25, 0.3) is 5.69 Å². The molecule has 0 saturated carbocycles. The van der Waals surface area contributed by atoms with Crippen molar-refractivity contribution in [3.05, 3.63) is 51.5 Å². The van der Waals surface area contributed by atoms with E-state index in [1.54, 1.807) is 0 Å². The molecule has 1 aliphatic heterocycles. The van der Waals surface area contributed by atoms with E-state index >= 15 is 0 Å². The topological polar surface area (TPSA) is 140 Å². The van der Waals surface area contributed by atoms with E-state index in [1.165, 1.54) is 24.5 Å². The van der Waals surface area contributed by atoms with Crippen molar-refractivity contribution in [2.75, 3.05) is 12.5 Å². The zero-order valence-corrected chi connectivity index (χ0v) is 12.3. The minimum atomic E-state index is -0.784. The first-order chi connectivity index (χ1) is 11.6. The molecule has 2 heterocycles. The minimum Gasteiger partial charge on any atom is -0.467 e. The first-order valence-corrected chi connectivity index (χ1v) is 6.80. The maximum atomic E-state index is 12.0. The van der Waals surface area contributed by atoms with E-state index in [0.29, 0.717) is 16.9 Å². The van der Waals surface area contributed by atoms with Gasteiger partial charge in [-0.05, 0) is 0 Å². The third-order valence-electron chi connectivity index (χ3n) is 3.26. The second-order valence-corrected chi connectivity index (χ2v) is 4.83. The zero-order valence-electron chi connectivity index (χ0n) is 12.3. The molecule has 0 radical (unpaired) electrons. The molecule has 0 atom stereocenters. The largest absolute Gasteiger partial charge is 0.467 e. The molecule has 3 rings (SSSR count). The van der Waals surface area contributed by atoms with Crippen molar-refractivity contribution in [2.24, 2.45) is 0 Å². The van der Waals surface area contributed by atoms with Gasteiger partial charge in [-0.15, -0.1) is 0 Å². The predicted molar refractivity (Wildman–Crippen MR) is 78.9 cm³/mol. The van der Waals surface area contributed by atoms with Crippen LogP contribution in [0.2, 0.25) is 0 Å². The van der Waals surface area contributed by atoms with Gasteiger partial charge < -0.3 is 19.9 Å². The zero-order chi connectivity index (χ0) is 17.1. The number of carbonyl (C=O) groups is 1. The number of nitrogens with zero attached hydrogens (tertiary/aromatic N) is 3. The molecule has 10 nitrogen and oxygen atoms in total. The standard InChI is InChI=1S/C14H12N4O6/c15-13-11(16-1-2-17-13)14(19)23-6-9-4-10(18(20)21)3-8-5-22-7-24-12(8)9/h1-4H,5-7H2,(H2,15,17). The number of rotatable bonds is 4. The van der Waals surface area contributed by atoms with Crippen LogP contribution in [0, 0.1) is 10.1 Å². The lowest BCUT2D eigenvalue weighted by Gasteiger charge is -2.20. The van der Waals surface area contributed by atoms with Gasteiger partial charge in [0, 0.05) is 35.7 Å². The highest BCUT2D eigenvalue weighted by Gasteiger charge is 2.22. The second-order valence-electron chi connectivity index (χ2n) is 4.83. The number of nitro groups is 1. The Labute approximate surface area is 135 Å². The molecule has 0 saturated heterocycles. The lowest BCUT2D eigenvalue weighted by atomic mass is 10.1. The lowest BCUT2D eigenvalue weighted by Crippen LogP contribution is -2.16. The van der Waals surface area contributed by atoms with E-state index in [1.807, 2.05) is 0 Å². The molecule has 0 bridgehead atoms. The summed E-state index contributed by atoms with van der Waals surface area (Å²) in [6, 6.07) is 2.65. The number of esters is 1. The number of carbonyl (C=O) groups excluding carboxylic acids is 1. The molecular formula is C14H12N4O6. The fourth-order valence-corrected chi connectivity index (χ4v) is 2.21. The molecule has 24 heavy (non-hydrogen) atoms. The van der Waals surface area contributed by atoms with Crippen LogP contribution >= 0.6 is 0 Å². The summed E-state index contributed by atoms with van der Waals surface area (Å²) in [6.07, 6.45) is 2.65. The van der Waals surface area contributed by atoms with Crippen LogP contribution in [0.1, 0.15) is 21.6 Å². The van der Waals surface area contributed by atoms with Crippen LogP contribution in [0.3, 0.4) is 0 Å². The summed E-state index contributed by atoms with van der Waals surface area (Å²) in [4.78, 5) is 30.1. The molecule has 0 fully saturated rings. The molecular weight excluding hydrogens is 320 g/mol. The van der Waals surface area contributed by atoms with Crippen LogP contribution < -0.4 is 10.5 Å². The summed E-state index contributed by atoms with van der Waals surface area (Å²) < 4.78 is 15.6. The normalized spacial score (nSPS) is 12.8. The summed E-state index contributed by atoms with van der Waals surface area (Å²) in [5.41, 5.74) is 6.16. The predicted octanol–water partition coefficient (Wildman–Crippen LogP) is 1.19. The third-order valence-corrected chi connectivity index (χ3v) is 3.26. The Hall–Kier alpha value is -3.27. The van der Waals surface area contributed by atoms with Crippen molar-refractivity contribution in [3.63, 3.8) is 0 Å². The van der Waals surface area contributed by atoms with Crippen molar-refractivity contribution in [2.45, 2.75) is 13.2 Å². The number of fused-ring (bicyclic) bond motifs is 1. The van der Waals surface area contributed by atoms with E-state index in [4.69, 9.17) is 19.9 Å². The number of nitrogen functional groups attached to an aromatic ring is 1. The van der Waals surface area contributed by atoms with Crippen LogP contribution in [-0.2, 0) is 22.7 Å². The number of benzene rings is 1. The Morgan fingerprint density at radius 3 is 2.92 bits per heavy atom. The van der Waals surface area contributed by atoms with Crippen LogP contribution in [-0.4, -0.2) is 27.7 Å². The van der Waals surface area contributed by atoms with Gasteiger partial charge in [0.2, 0.25) is 0 Å². The molecule has 1 aromatic heterocycles. The van der Waals surface area contributed by atoms with Crippen molar-refractivity contribution in [1.29, 1.82) is 0 Å². The molecule has 10 heteroatoms.